The molecule has 0 saturated heterocycles. The molecule has 19 heavy (non-hydrogen) atoms. The molecular formula is C13H14ClFN2O2. The SMILES string of the molecule is CCNCc1cc(COc2ccc(Cl)c(F)c2)on1. The third-order valence-corrected chi connectivity index (χ3v) is 2.74. The standard InChI is InChI=1S/C13H14ClFN2O2/c1-2-16-7-9-5-11(19-17-9)8-18-10-3-4-12(14)13(15)6-10/h3-6,16H,2,7-8H2,1H3. The van der Waals surface area contributed by atoms with E-state index in [0.29, 0.717) is 18.1 Å². The molecule has 0 bridgehead atoms. The van der Waals surface area contributed by atoms with Crippen molar-refractivity contribution >= 4 is 11.6 Å². The normalized spacial score (nSPS) is 10.7. The van der Waals surface area contributed by atoms with Crippen molar-refractivity contribution in [2.75, 3.05) is 6.54 Å². The van der Waals surface area contributed by atoms with Gasteiger partial charge in [0.15, 0.2) is 5.76 Å². The Balaban J connectivity index is 1.91. The molecule has 0 aliphatic rings. The summed E-state index contributed by atoms with van der Waals surface area (Å²) in [5.74, 6) is 0.472. The average Bonchev–Trinajstić information content (AvgIpc) is 2.86. The quantitative estimate of drug-likeness (QED) is 0.885. The first-order valence-electron chi connectivity index (χ1n) is 5.92. The third kappa shape index (κ3) is 3.94. The molecule has 1 N–H and O–H groups in total. The van der Waals surface area contributed by atoms with Crippen molar-refractivity contribution < 1.29 is 13.7 Å². The Labute approximate surface area is 115 Å². The lowest BCUT2D eigenvalue weighted by Gasteiger charge is -2.03. The lowest BCUT2D eigenvalue weighted by Crippen LogP contribution is -2.11. The maximum absolute atomic E-state index is 13.2. The van der Waals surface area contributed by atoms with E-state index < -0.39 is 5.82 Å². The second-order valence-electron chi connectivity index (χ2n) is 3.93. The summed E-state index contributed by atoms with van der Waals surface area (Å²) in [5, 5.41) is 7.09. The zero-order chi connectivity index (χ0) is 13.7. The van der Waals surface area contributed by atoms with Crippen molar-refractivity contribution in [3.63, 3.8) is 0 Å². The van der Waals surface area contributed by atoms with Crippen LogP contribution in [0.25, 0.3) is 0 Å². The van der Waals surface area contributed by atoms with E-state index in [9.17, 15) is 4.39 Å². The van der Waals surface area contributed by atoms with E-state index in [1.54, 1.807) is 12.1 Å². The van der Waals surface area contributed by atoms with Crippen LogP contribution < -0.4 is 10.1 Å². The van der Waals surface area contributed by atoms with Gasteiger partial charge in [0.1, 0.15) is 18.2 Å². The van der Waals surface area contributed by atoms with Gasteiger partial charge in [0.25, 0.3) is 0 Å². The van der Waals surface area contributed by atoms with Crippen molar-refractivity contribution in [3.8, 4) is 5.75 Å². The third-order valence-electron chi connectivity index (χ3n) is 2.44. The zero-order valence-corrected chi connectivity index (χ0v) is 11.2. The van der Waals surface area contributed by atoms with Crippen LogP contribution in [0.5, 0.6) is 5.75 Å². The first-order chi connectivity index (χ1) is 9.19. The monoisotopic (exact) mass is 284 g/mol. The molecule has 0 radical (unpaired) electrons. The fourth-order valence-electron chi connectivity index (χ4n) is 1.48. The molecule has 6 heteroatoms. The average molecular weight is 285 g/mol. The molecular weight excluding hydrogens is 271 g/mol. The van der Waals surface area contributed by atoms with Gasteiger partial charge in [-0.1, -0.05) is 23.7 Å². The van der Waals surface area contributed by atoms with Crippen LogP contribution in [0.3, 0.4) is 0 Å². The first kappa shape index (κ1) is 13.8. The Bertz CT molecular complexity index is 545. The highest BCUT2D eigenvalue weighted by atomic mass is 35.5. The summed E-state index contributed by atoms with van der Waals surface area (Å²) in [5.41, 5.74) is 0.808. The summed E-state index contributed by atoms with van der Waals surface area (Å²) in [7, 11) is 0. The second kappa shape index (κ2) is 6.54. The second-order valence-corrected chi connectivity index (χ2v) is 4.34. The van der Waals surface area contributed by atoms with Gasteiger partial charge < -0.3 is 14.6 Å². The van der Waals surface area contributed by atoms with Gasteiger partial charge in [-0.2, -0.15) is 0 Å². The van der Waals surface area contributed by atoms with Gasteiger partial charge in [0.2, 0.25) is 0 Å². The van der Waals surface area contributed by atoms with Gasteiger partial charge >= 0.3 is 0 Å². The maximum Gasteiger partial charge on any atom is 0.174 e. The number of halogens is 2. The minimum absolute atomic E-state index is 0.0694. The van der Waals surface area contributed by atoms with Crippen LogP contribution in [0.2, 0.25) is 5.02 Å². The number of rotatable bonds is 6. The van der Waals surface area contributed by atoms with Crippen LogP contribution in [0.4, 0.5) is 4.39 Å². The largest absolute Gasteiger partial charge is 0.485 e. The van der Waals surface area contributed by atoms with E-state index >= 15 is 0 Å². The maximum atomic E-state index is 13.2. The molecule has 0 aliphatic carbocycles. The number of benzene rings is 1. The van der Waals surface area contributed by atoms with Crippen molar-refractivity contribution in [2.45, 2.75) is 20.1 Å². The summed E-state index contributed by atoms with van der Waals surface area (Å²) in [6, 6.07) is 6.08. The minimum atomic E-state index is -0.510. The zero-order valence-electron chi connectivity index (χ0n) is 10.5. The van der Waals surface area contributed by atoms with Gasteiger partial charge in [-0.3, -0.25) is 0 Å². The fourth-order valence-corrected chi connectivity index (χ4v) is 1.60. The Morgan fingerprint density at radius 3 is 3.00 bits per heavy atom. The number of ether oxygens (including phenoxy) is 1. The molecule has 0 atom stereocenters. The molecule has 2 rings (SSSR count). The number of aromatic nitrogens is 1. The smallest absolute Gasteiger partial charge is 0.174 e. The van der Waals surface area contributed by atoms with Gasteiger partial charge in [0, 0.05) is 18.7 Å². The molecule has 0 saturated carbocycles. The summed E-state index contributed by atoms with van der Waals surface area (Å²) in [6.07, 6.45) is 0. The predicted molar refractivity (Wildman–Crippen MR) is 69.6 cm³/mol. The van der Waals surface area contributed by atoms with E-state index in [1.165, 1.54) is 12.1 Å². The Morgan fingerprint density at radius 1 is 1.42 bits per heavy atom. The van der Waals surface area contributed by atoms with Crippen LogP contribution >= 0.6 is 11.6 Å². The molecule has 1 aromatic carbocycles. The minimum Gasteiger partial charge on any atom is -0.485 e. The molecule has 4 nitrogen and oxygen atoms in total. The Morgan fingerprint density at radius 2 is 2.26 bits per heavy atom. The molecule has 0 amide bonds. The summed E-state index contributed by atoms with van der Waals surface area (Å²) < 4.78 is 23.7. The molecule has 0 unspecified atom stereocenters. The number of hydrogen-bond donors (Lipinski definition) is 1. The van der Waals surface area contributed by atoms with E-state index in [2.05, 4.69) is 10.5 Å². The molecule has 0 spiro atoms. The summed E-state index contributed by atoms with van der Waals surface area (Å²) in [6.45, 7) is 3.72. The molecule has 0 fully saturated rings. The van der Waals surface area contributed by atoms with E-state index in [1.807, 2.05) is 6.92 Å². The fraction of sp³-hybridized carbons (Fsp3) is 0.308. The molecule has 2 aromatic rings. The van der Waals surface area contributed by atoms with Crippen molar-refractivity contribution in [1.29, 1.82) is 0 Å². The van der Waals surface area contributed by atoms with Crippen LogP contribution in [-0.4, -0.2) is 11.7 Å². The lowest BCUT2D eigenvalue weighted by atomic mass is 10.3. The Kier molecular flexibility index (Phi) is 4.76. The van der Waals surface area contributed by atoms with Gasteiger partial charge in [-0.05, 0) is 18.7 Å². The van der Waals surface area contributed by atoms with Crippen molar-refractivity contribution in [1.82, 2.24) is 10.5 Å². The van der Waals surface area contributed by atoms with Gasteiger partial charge in [0.05, 0.1) is 10.7 Å². The van der Waals surface area contributed by atoms with Crippen molar-refractivity contribution in [2.24, 2.45) is 0 Å². The van der Waals surface area contributed by atoms with Crippen LogP contribution in [0.15, 0.2) is 28.8 Å². The molecule has 102 valence electrons. The lowest BCUT2D eigenvalue weighted by molar-refractivity contribution is 0.247. The van der Waals surface area contributed by atoms with Crippen LogP contribution in [0.1, 0.15) is 18.4 Å². The summed E-state index contributed by atoms with van der Waals surface area (Å²) in [4.78, 5) is 0. The van der Waals surface area contributed by atoms with Crippen LogP contribution in [0, 0.1) is 5.82 Å². The van der Waals surface area contributed by atoms with Crippen LogP contribution in [-0.2, 0) is 13.2 Å². The highest BCUT2D eigenvalue weighted by molar-refractivity contribution is 6.30. The van der Waals surface area contributed by atoms with Gasteiger partial charge in [-0.15, -0.1) is 0 Å². The highest BCUT2D eigenvalue weighted by Crippen LogP contribution is 2.21. The Hall–Kier alpha value is -1.59. The van der Waals surface area contributed by atoms with E-state index in [4.69, 9.17) is 20.9 Å². The molecule has 0 aliphatic heterocycles. The molecule has 1 heterocycles. The summed E-state index contributed by atoms with van der Waals surface area (Å²) >= 11 is 5.58. The number of nitrogens with one attached hydrogen (secondary N) is 1. The topological polar surface area (TPSA) is 47.3 Å². The predicted octanol–water partition coefficient (Wildman–Crippen LogP) is 3.16. The molecule has 1 aromatic heterocycles. The first-order valence-corrected chi connectivity index (χ1v) is 6.30. The van der Waals surface area contributed by atoms with E-state index in [-0.39, 0.29) is 11.6 Å². The highest BCUT2D eigenvalue weighted by Gasteiger charge is 2.06. The van der Waals surface area contributed by atoms with Crippen molar-refractivity contribution in [3.05, 3.63) is 46.6 Å². The van der Waals surface area contributed by atoms with Gasteiger partial charge in [-0.25, -0.2) is 4.39 Å². The number of nitrogens with zero attached hydrogens (tertiary/aromatic N) is 1. The van der Waals surface area contributed by atoms with E-state index in [0.717, 1.165) is 12.2 Å². The number of hydrogen-bond acceptors (Lipinski definition) is 4.